The van der Waals surface area contributed by atoms with E-state index >= 15 is 0 Å². The van der Waals surface area contributed by atoms with Gasteiger partial charge in [-0.2, -0.15) is 0 Å². The first-order valence-electron chi connectivity index (χ1n) is 7.61. The molecule has 5 nitrogen and oxygen atoms in total. The van der Waals surface area contributed by atoms with Crippen LogP contribution in [0, 0.1) is 6.92 Å². The van der Waals surface area contributed by atoms with Crippen molar-refractivity contribution in [2.75, 3.05) is 10.6 Å². The van der Waals surface area contributed by atoms with Crippen molar-refractivity contribution in [2.45, 2.75) is 13.5 Å². The Morgan fingerprint density at radius 1 is 1.12 bits per heavy atom. The largest absolute Gasteiger partial charge is 0.365 e. The van der Waals surface area contributed by atoms with Gasteiger partial charge in [-0.05, 0) is 42.1 Å². The number of carbonyl (C=O) groups is 1. The van der Waals surface area contributed by atoms with Crippen molar-refractivity contribution in [2.24, 2.45) is 5.73 Å². The van der Waals surface area contributed by atoms with E-state index in [4.69, 9.17) is 5.73 Å². The van der Waals surface area contributed by atoms with E-state index in [0.29, 0.717) is 10.6 Å². The second kappa shape index (κ2) is 6.50. The normalized spacial score (nSPS) is 11.6. The quantitative estimate of drug-likeness (QED) is 0.744. The molecule has 3 rings (SSSR count). The molecule has 0 aliphatic rings. The maximum absolute atomic E-state index is 12.3. The number of hydrogen-bond donors (Lipinski definition) is 1. The van der Waals surface area contributed by atoms with Gasteiger partial charge in [-0.15, -0.1) is 11.3 Å². The van der Waals surface area contributed by atoms with E-state index in [1.54, 1.807) is 18.2 Å². The molecule has 0 spiro atoms. The topological polar surface area (TPSA) is 80.5 Å². The minimum Gasteiger partial charge on any atom is -0.365 e. The molecule has 0 aliphatic carbocycles. The van der Waals surface area contributed by atoms with E-state index in [1.807, 2.05) is 37.3 Å². The van der Waals surface area contributed by atoms with Gasteiger partial charge in [-0.3, -0.25) is 9.10 Å². The summed E-state index contributed by atoms with van der Waals surface area (Å²) in [6.45, 7) is 2.23. The Morgan fingerprint density at radius 3 is 2.40 bits per heavy atom. The molecule has 0 atom stereocenters. The number of benzene rings is 2. The highest BCUT2D eigenvalue weighted by Gasteiger charge is 2.19. The van der Waals surface area contributed by atoms with E-state index in [9.17, 15) is 13.2 Å². The SMILES string of the molecule is Cc1ccc(CN(c2ccc3sc(C(N)=O)cc3c2)S(C)(=O)=O)cc1. The van der Waals surface area contributed by atoms with Crippen molar-refractivity contribution in [3.8, 4) is 0 Å². The van der Waals surface area contributed by atoms with E-state index < -0.39 is 15.9 Å². The second-order valence-electron chi connectivity index (χ2n) is 5.95. The van der Waals surface area contributed by atoms with Gasteiger partial charge in [0, 0.05) is 4.70 Å². The molecule has 130 valence electrons. The lowest BCUT2D eigenvalue weighted by Crippen LogP contribution is -2.29. The number of sulfonamides is 1. The Morgan fingerprint density at radius 2 is 1.80 bits per heavy atom. The molecule has 25 heavy (non-hydrogen) atoms. The predicted molar refractivity (Wildman–Crippen MR) is 103 cm³/mol. The first-order chi connectivity index (χ1) is 11.7. The van der Waals surface area contributed by atoms with Crippen molar-refractivity contribution in [1.29, 1.82) is 0 Å². The van der Waals surface area contributed by atoms with Crippen LogP contribution in [0.15, 0.2) is 48.5 Å². The third-order valence-electron chi connectivity index (χ3n) is 3.88. The molecule has 3 aromatic rings. The maximum atomic E-state index is 12.3. The Balaban J connectivity index is 2.02. The van der Waals surface area contributed by atoms with E-state index in [0.717, 1.165) is 21.2 Å². The molecule has 0 aliphatic heterocycles. The summed E-state index contributed by atoms with van der Waals surface area (Å²) in [7, 11) is -3.46. The molecule has 0 saturated carbocycles. The molecular formula is C18H18N2O3S2. The van der Waals surface area contributed by atoms with Gasteiger partial charge >= 0.3 is 0 Å². The van der Waals surface area contributed by atoms with Gasteiger partial charge in [0.25, 0.3) is 5.91 Å². The Hall–Kier alpha value is -2.38. The molecule has 0 unspecified atom stereocenters. The minimum absolute atomic E-state index is 0.247. The van der Waals surface area contributed by atoms with Crippen LogP contribution in [0.3, 0.4) is 0 Å². The van der Waals surface area contributed by atoms with Gasteiger partial charge in [0.15, 0.2) is 0 Å². The average molecular weight is 374 g/mol. The van der Waals surface area contributed by atoms with Crippen LogP contribution in [0.25, 0.3) is 10.1 Å². The lowest BCUT2D eigenvalue weighted by atomic mass is 10.1. The summed E-state index contributed by atoms with van der Waals surface area (Å²) in [6, 6.07) is 14.8. The Bertz CT molecular complexity index is 1040. The fourth-order valence-electron chi connectivity index (χ4n) is 2.57. The fraction of sp³-hybridized carbons (Fsp3) is 0.167. The van der Waals surface area contributed by atoms with E-state index in [1.165, 1.54) is 21.9 Å². The number of thiophene rings is 1. The fourth-order valence-corrected chi connectivity index (χ4v) is 4.34. The first kappa shape index (κ1) is 17.4. The predicted octanol–water partition coefficient (Wildman–Crippen LogP) is 3.27. The molecular weight excluding hydrogens is 356 g/mol. The zero-order chi connectivity index (χ0) is 18.2. The number of amides is 1. The van der Waals surface area contributed by atoms with Gasteiger partial charge < -0.3 is 5.73 Å². The summed E-state index contributed by atoms with van der Waals surface area (Å²) in [5.74, 6) is -0.484. The van der Waals surface area contributed by atoms with Crippen molar-refractivity contribution in [3.63, 3.8) is 0 Å². The monoisotopic (exact) mass is 374 g/mol. The highest BCUT2D eigenvalue weighted by Crippen LogP contribution is 2.31. The van der Waals surface area contributed by atoms with Crippen LogP contribution in [0.5, 0.6) is 0 Å². The summed E-state index contributed by atoms with van der Waals surface area (Å²) in [5, 5.41) is 0.800. The third-order valence-corrected chi connectivity index (χ3v) is 6.15. The highest BCUT2D eigenvalue weighted by atomic mass is 32.2. The minimum atomic E-state index is -3.46. The number of anilines is 1. The van der Waals surface area contributed by atoms with Crippen LogP contribution >= 0.6 is 11.3 Å². The van der Waals surface area contributed by atoms with Gasteiger partial charge in [-0.1, -0.05) is 29.8 Å². The number of carbonyl (C=O) groups excluding carboxylic acids is 1. The number of aryl methyl sites for hydroxylation is 1. The number of primary amides is 1. The molecule has 2 N–H and O–H groups in total. The molecule has 0 fully saturated rings. The molecule has 0 radical (unpaired) electrons. The second-order valence-corrected chi connectivity index (χ2v) is 8.94. The summed E-state index contributed by atoms with van der Waals surface area (Å²) in [6.07, 6.45) is 1.19. The standard InChI is InChI=1S/C18H18N2O3S2/c1-12-3-5-13(6-4-12)11-20(25(2,22)23)15-7-8-16-14(9-15)10-17(24-16)18(19)21/h3-10H,11H2,1-2H3,(H2,19,21). The first-order valence-corrected chi connectivity index (χ1v) is 10.3. The molecule has 1 heterocycles. The zero-order valence-electron chi connectivity index (χ0n) is 13.9. The van der Waals surface area contributed by atoms with Crippen molar-refractivity contribution >= 4 is 43.0 Å². The lowest BCUT2D eigenvalue weighted by molar-refractivity contribution is 0.100. The van der Waals surface area contributed by atoms with Gasteiger partial charge in [0.05, 0.1) is 23.4 Å². The smallest absolute Gasteiger partial charge is 0.258 e. The van der Waals surface area contributed by atoms with Crippen molar-refractivity contribution in [1.82, 2.24) is 0 Å². The lowest BCUT2D eigenvalue weighted by Gasteiger charge is -2.22. The molecule has 1 amide bonds. The summed E-state index contributed by atoms with van der Waals surface area (Å²) in [5.41, 5.74) is 7.90. The van der Waals surface area contributed by atoms with E-state index in [2.05, 4.69) is 0 Å². The number of nitrogens with zero attached hydrogens (tertiary/aromatic N) is 1. The van der Waals surface area contributed by atoms with Gasteiger partial charge in [0.1, 0.15) is 0 Å². The highest BCUT2D eigenvalue weighted by molar-refractivity contribution is 7.92. The van der Waals surface area contributed by atoms with Gasteiger partial charge in [0.2, 0.25) is 10.0 Å². The zero-order valence-corrected chi connectivity index (χ0v) is 15.5. The Labute approximate surface area is 150 Å². The molecule has 1 aromatic heterocycles. The summed E-state index contributed by atoms with van der Waals surface area (Å²) < 4.78 is 26.9. The summed E-state index contributed by atoms with van der Waals surface area (Å²) in [4.78, 5) is 11.8. The van der Waals surface area contributed by atoms with Crippen molar-refractivity contribution in [3.05, 3.63) is 64.5 Å². The maximum Gasteiger partial charge on any atom is 0.258 e. The molecule has 0 saturated heterocycles. The molecule has 2 aromatic carbocycles. The molecule has 7 heteroatoms. The van der Waals surface area contributed by atoms with Crippen LogP contribution in [-0.2, 0) is 16.6 Å². The van der Waals surface area contributed by atoms with Crippen LogP contribution in [0.2, 0.25) is 0 Å². The van der Waals surface area contributed by atoms with Crippen LogP contribution in [0.4, 0.5) is 5.69 Å². The Kier molecular flexibility index (Phi) is 4.53. The number of nitrogens with two attached hydrogens (primary N) is 1. The van der Waals surface area contributed by atoms with E-state index in [-0.39, 0.29) is 6.54 Å². The number of hydrogen-bond acceptors (Lipinski definition) is 4. The third kappa shape index (κ3) is 3.83. The summed E-state index contributed by atoms with van der Waals surface area (Å²) >= 11 is 1.30. The van der Waals surface area contributed by atoms with Crippen LogP contribution < -0.4 is 10.0 Å². The van der Waals surface area contributed by atoms with Crippen LogP contribution in [-0.4, -0.2) is 20.6 Å². The number of fused-ring (bicyclic) bond motifs is 1. The van der Waals surface area contributed by atoms with Crippen LogP contribution in [0.1, 0.15) is 20.8 Å². The molecule has 0 bridgehead atoms. The average Bonchev–Trinajstić information content (AvgIpc) is 2.96. The number of rotatable bonds is 5. The van der Waals surface area contributed by atoms with Crippen molar-refractivity contribution < 1.29 is 13.2 Å². The van der Waals surface area contributed by atoms with Gasteiger partial charge in [-0.25, -0.2) is 8.42 Å².